The van der Waals surface area contributed by atoms with E-state index in [0.717, 1.165) is 25.7 Å². The van der Waals surface area contributed by atoms with Gasteiger partial charge in [0.15, 0.2) is 0 Å². The Kier molecular flexibility index (Phi) is 7.66. The highest BCUT2D eigenvalue weighted by Gasteiger charge is 2.15. The molecule has 0 N–H and O–H groups in total. The van der Waals surface area contributed by atoms with Crippen molar-refractivity contribution < 1.29 is 14.3 Å². The minimum absolute atomic E-state index is 0.0341. The molecule has 0 unspecified atom stereocenters. The number of hydrogen-bond donors (Lipinski definition) is 0. The largest absolute Gasteiger partial charge is 0.458 e. The molecule has 0 aromatic carbocycles. The van der Waals surface area contributed by atoms with E-state index in [1.165, 1.54) is 0 Å². The van der Waals surface area contributed by atoms with Crippen molar-refractivity contribution in [3.8, 4) is 12.3 Å². The molecule has 92 valence electrons. The van der Waals surface area contributed by atoms with E-state index in [2.05, 4.69) is 5.92 Å². The number of terminal acetylenes is 1. The van der Waals surface area contributed by atoms with Crippen LogP contribution in [0.2, 0.25) is 0 Å². The van der Waals surface area contributed by atoms with E-state index in [1.807, 2.05) is 20.8 Å². The van der Waals surface area contributed by atoms with Gasteiger partial charge in [0, 0.05) is 13.0 Å². The van der Waals surface area contributed by atoms with Gasteiger partial charge < -0.3 is 9.47 Å². The van der Waals surface area contributed by atoms with E-state index in [4.69, 9.17) is 15.9 Å². The lowest BCUT2D eigenvalue weighted by Gasteiger charge is -2.19. The van der Waals surface area contributed by atoms with Crippen molar-refractivity contribution in [3.63, 3.8) is 0 Å². The predicted octanol–water partition coefficient (Wildman–Crippen LogP) is 2.54. The van der Waals surface area contributed by atoms with Crippen molar-refractivity contribution in [1.29, 1.82) is 0 Å². The molecule has 0 radical (unpaired) electrons. The minimum atomic E-state index is -0.437. The number of ether oxygens (including phenoxy) is 2. The summed E-state index contributed by atoms with van der Waals surface area (Å²) in [5.41, 5.74) is -0.437. The van der Waals surface area contributed by atoms with Gasteiger partial charge in [-0.2, -0.15) is 0 Å². The average Bonchev–Trinajstić information content (AvgIpc) is 2.13. The van der Waals surface area contributed by atoms with Crippen LogP contribution in [-0.4, -0.2) is 24.8 Å². The fourth-order valence-corrected chi connectivity index (χ4v) is 1.13. The van der Waals surface area contributed by atoms with Crippen LogP contribution in [0, 0.1) is 12.3 Å². The van der Waals surface area contributed by atoms with Crippen LogP contribution < -0.4 is 0 Å². The molecule has 0 spiro atoms. The van der Waals surface area contributed by atoms with Gasteiger partial charge in [0.1, 0.15) is 12.2 Å². The highest BCUT2D eigenvalue weighted by molar-refractivity contribution is 5.71. The van der Waals surface area contributed by atoms with Crippen LogP contribution >= 0.6 is 0 Å². The zero-order valence-corrected chi connectivity index (χ0v) is 10.5. The smallest absolute Gasteiger partial charge is 0.332 e. The molecule has 0 aliphatic rings. The molecule has 0 saturated heterocycles. The second-order valence-corrected chi connectivity index (χ2v) is 4.65. The third-order valence-corrected chi connectivity index (χ3v) is 1.75. The number of carbonyl (C=O) groups is 1. The van der Waals surface area contributed by atoms with Gasteiger partial charge >= 0.3 is 5.97 Å². The topological polar surface area (TPSA) is 35.5 Å². The van der Waals surface area contributed by atoms with E-state index >= 15 is 0 Å². The molecule has 16 heavy (non-hydrogen) atoms. The van der Waals surface area contributed by atoms with Gasteiger partial charge in [-0.3, -0.25) is 0 Å². The Bertz CT molecular complexity index is 233. The van der Waals surface area contributed by atoms with Crippen LogP contribution in [0.15, 0.2) is 0 Å². The Hall–Kier alpha value is -1.01. The van der Waals surface area contributed by atoms with Crippen molar-refractivity contribution >= 4 is 5.97 Å². The average molecular weight is 226 g/mol. The van der Waals surface area contributed by atoms with Crippen molar-refractivity contribution in [2.24, 2.45) is 0 Å². The molecular formula is C13H22O3. The van der Waals surface area contributed by atoms with Crippen LogP contribution in [0.3, 0.4) is 0 Å². The second-order valence-electron chi connectivity index (χ2n) is 4.65. The molecule has 3 heteroatoms. The van der Waals surface area contributed by atoms with Gasteiger partial charge in [0.05, 0.1) is 0 Å². The number of carbonyl (C=O) groups excluding carboxylic acids is 1. The monoisotopic (exact) mass is 226 g/mol. The molecule has 3 nitrogen and oxygen atoms in total. The van der Waals surface area contributed by atoms with Crippen molar-refractivity contribution in [2.45, 2.75) is 52.1 Å². The SMILES string of the molecule is C#CCCCCCOCC(=O)OC(C)(C)C. The van der Waals surface area contributed by atoms with E-state index in [0.29, 0.717) is 6.61 Å². The zero-order chi connectivity index (χ0) is 12.4. The molecule has 0 aromatic rings. The van der Waals surface area contributed by atoms with Crippen LogP contribution in [-0.2, 0) is 14.3 Å². The lowest BCUT2D eigenvalue weighted by Crippen LogP contribution is -2.26. The Morgan fingerprint density at radius 3 is 2.50 bits per heavy atom. The number of esters is 1. The van der Waals surface area contributed by atoms with Gasteiger partial charge in [-0.25, -0.2) is 4.79 Å². The maximum atomic E-state index is 11.2. The summed E-state index contributed by atoms with van der Waals surface area (Å²) in [4.78, 5) is 11.2. The fourth-order valence-electron chi connectivity index (χ4n) is 1.13. The minimum Gasteiger partial charge on any atom is -0.458 e. The zero-order valence-electron chi connectivity index (χ0n) is 10.5. The maximum Gasteiger partial charge on any atom is 0.332 e. The van der Waals surface area contributed by atoms with Gasteiger partial charge in [-0.1, -0.05) is 6.42 Å². The van der Waals surface area contributed by atoms with Gasteiger partial charge in [-0.05, 0) is 33.6 Å². The second kappa shape index (κ2) is 8.18. The molecule has 0 aliphatic carbocycles. The first-order valence-electron chi connectivity index (χ1n) is 5.69. The van der Waals surface area contributed by atoms with Crippen LogP contribution in [0.5, 0.6) is 0 Å². The summed E-state index contributed by atoms with van der Waals surface area (Å²) in [6.07, 6.45) is 8.93. The van der Waals surface area contributed by atoms with E-state index < -0.39 is 5.60 Å². The molecule has 0 aliphatic heterocycles. The predicted molar refractivity (Wildman–Crippen MR) is 64.0 cm³/mol. The molecule has 0 bridgehead atoms. The van der Waals surface area contributed by atoms with Crippen LogP contribution in [0.4, 0.5) is 0 Å². The molecule has 0 rings (SSSR count). The number of unbranched alkanes of at least 4 members (excludes halogenated alkanes) is 3. The lowest BCUT2D eigenvalue weighted by molar-refractivity contribution is -0.160. The number of rotatable bonds is 7. The van der Waals surface area contributed by atoms with Gasteiger partial charge in [0.2, 0.25) is 0 Å². The first-order chi connectivity index (χ1) is 7.45. The maximum absolute atomic E-state index is 11.2. The molecule has 0 amide bonds. The normalized spacial score (nSPS) is 10.9. The molecule has 0 fully saturated rings. The van der Waals surface area contributed by atoms with Crippen molar-refractivity contribution in [1.82, 2.24) is 0 Å². The third-order valence-electron chi connectivity index (χ3n) is 1.75. The molecular weight excluding hydrogens is 204 g/mol. The van der Waals surface area contributed by atoms with Crippen LogP contribution in [0.25, 0.3) is 0 Å². The summed E-state index contributed by atoms with van der Waals surface area (Å²) in [6, 6.07) is 0. The summed E-state index contributed by atoms with van der Waals surface area (Å²) in [5, 5.41) is 0. The highest BCUT2D eigenvalue weighted by atomic mass is 16.6. The van der Waals surface area contributed by atoms with E-state index in [-0.39, 0.29) is 12.6 Å². The van der Waals surface area contributed by atoms with Crippen molar-refractivity contribution in [3.05, 3.63) is 0 Å². The Labute approximate surface area is 98.5 Å². The lowest BCUT2D eigenvalue weighted by atomic mass is 10.2. The quantitative estimate of drug-likeness (QED) is 0.380. The summed E-state index contributed by atoms with van der Waals surface area (Å²) in [7, 11) is 0. The Morgan fingerprint density at radius 1 is 1.25 bits per heavy atom. The van der Waals surface area contributed by atoms with E-state index in [1.54, 1.807) is 0 Å². The van der Waals surface area contributed by atoms with Crippen molar-refractivity contribution in [2.75, 3.05) is 13.2 Å². The molecule has 0 saturated carbocycles. The number of hydrogen-bond acceptors (Lipinski definition) is 3. The summed E-state index contributed by atoms with van der Waals surface area (Å²) in [5.74, 6) is 2.28. The van der Waals surface area contributed by atoms with E-state index in [9.17, 15) is 4.79 Å². The van der Waals surface area contributed by atoms with Gasteiger partial charge in [-0.15, -0.1) is 12.3 Å². The molecule has 0 aromatic heterocycles. The highest BCUT2D eigenvalue weighted by Crippen LogP contribution is 2.07. The molecule has 0 atom stereocenters. The Morgan fingerprint density at radius 2 is 1.94 bits per heavy atom. The first kappa shape index (κ1) is 15.0. The standard InChI is InChI=1S/C13H22O3/c1-5-6-7-8-9-10-15-11-12(14)16-13(2,3)4/h1H,6-11H2,2-4H3. The summed E-state index contributed by atoms with van der Waals surface area (Å²) >= 11 is 0. The Balaban J connectivity index is 3.32. The third kappa shape index (κ3) is 11.1. The fraction of sp³-hybridized carbons (Fsp3) is 0.769. The molecule has 0 heterocycles. The van der Waals surface area contributed by atoms with Crippen LogP contribution in [0.1, 0.15) is 46.5 Å². The van der Waals surface area contributed by atoms with Gasteiger partial charge in [0.25, 0.3) is 0 Å². The summed E-state index contributed by atoms with van der Waals surface area (Å²) in [6.45, 7) is 6.14. The first-order valence-corrected chi connectivity index (χ1v) is 5.69. The summed E-state index contributed by atoms with van der Waals surface area (Å²) < 4.78 is 10.3.